The molecule has 4 aromatic rings. The third-order valence-corrected chi connectivity index (χ3v) is 6.37. The maximum absolute atomic E-state index is 13.1. The van der Waals surface area contributed by atoms with Gasteiger partial charge in [-0.05, 0) is 24.1 Å². The minimum atomic E-state index is -1.52. The van der Waals surface area contributed by atoms with Gasteiger partial charge in [0.25, 0.3) is 5.91 Å². The number of nitrogens with two attached hydrogens (primary N) is 1. The minimum Gasteiger partial charge on any atom is -0.547 e. The Morgan fingerprint density at radius 3 is 2.12 bits per heavy atom. The van der Waals surface area contributed by atoms with Gasteiger partial charge in [0, 0.05) is 16.7 Å². The average Bonchev–Trinajstić information content (AvgIpc) is 3.08. The number of aliphatic hydroxyl groups is 1. The van der Waals surface area contributed by atoms with Gasteiger partial charge in [-0.1, -0.05) is 103 Å². The van der Waals surface area contributed by atoms with Crippen LogP contribution in [0.2, 0.25) is 0 Å². The third-order valence-electron chi connectivity index (χ3n) is 6.37. The van der Waals surface area contributed by atoms with E-state index in [9.17, 15) is 19.5 Å². The first-order valence-corrected chi connectivity index (χ1v) is 12.6. The van der Waals surface area contributed by atoms with Crippen molar-refractivity contribution in [1.82, 2.24) is 0 Å². The second kappa shape index (κ2) is 12.8. The lowest BCUT2D eigenvalue weighted by atomic mass is 9.99. The summed E-state index contributed by atoms with van der Waals surface area (Å²) >= 11 is 0. The number of carboxylic acid groups (broad SMARTS) is 1. The number of aliphatic carboxylic acids is 1. The molecule has 3 N–H and O–H groups in total. The normalized spacial score (nSPS) is 15.1. The molecule has 0 bridgehead atoms. The molecule has 0 aliphatic carbocycles. The van der Waals surface area contributed by atoms with Crippen molar-refractivity contribution < 1.29 is 24.6 Å². The molecule has 1 amide bonds. The molecule has 0 unspecified atom stereocenters. The summed E-state index contributed by atoms with van der Waals surface area (Å²) < 4.78 is 0. The van der Waals surface area contributed by atoms with Gasteiger partial charge in [-0.15, -0.1) is 0 Å². The Morgan fingerprint density at radius 2 is 1.48 bits per heavy atom. The number of benzene rings is 4. The summed E-state index contributed by atoms with van der Waals surface area (Å²) in [7, 11) is 0. The van der Waals surface area contributed by atoms with Crippen molar-refractivity contribution in [3.63, 3.8) is 0 Å². The van der Waals surface area contributed by atoms with Crippen LogP contribution in [0.3, 0.4) is 0 Å². The van der Waals surface area contributed by atoms with E-state index in [0.29, 0.717) is 22.5 Å². The molecule has 8 nitrogen and oxygen atoms in total. The van der Waals surface area contributed by atoms with Crippen LogP contribution in [0.25, 0.3) is 0 Å². The Hall–Kier alpha value is -4.92. The minimum absolute atomic E-state index is 0.0913. The number of hydrogen-bond acceptors (Lipinski definition) is 7. The van der Waals surface area contributed by atoms with Gasteiger partial charge >= 0.3 is 0 Å². The first kappa shape index (κ1) is 28.1. The van der Waals surface area contributed by atoms with Gasteiger partial charge in [-0.2, -0.15) is 0 Å². The Morgan fingerprint density at radius 1 is 0.900 bits per heavy atom. The van der Waals surface area contributed by atoms with E-state index < -0.39 is 24.1 Å². The fourth-order valence-electron chi connectivity index (χ4n) is 4.33. The number of hydrogen-bond donors (Lipinski definition) is 2. The number of rotatable bonds is 6. The van der Waals surface area contributed by atoms with Gasteiger partial charge in [0.05, 0.1) is 23.9 Å². The zero-order valence-corrected chi connectivity index (χ0v) is 21.8. The van der Waals surface area contributed by atoms with E-state index in [2.05, 4.69) is 4.99 Å². The summed E-state index contributed by atoms with van der Waals surface area (Å²) in [5.41, 5.74) is 10.9. The van der Waals surface area contributed by atoms with Crippen molar-refractivity contribution in [2.45, 2.75) is 19.2 Å². The smallest absolute Gasteiger partial charge is 0.266 e. The fraction of sp³-hybridized carbons (Fsp3) is 0.125. The number of carbonyl (C=O) groups is 3. The molecule has 0 fully saturated rings. The quantitative estimate of drug-likeness (QED) is 0.365. The highest BCUT2D eigenvalue weighted by Gasteiger charge is 2.31. The summed E-state index contributed by atoms with van der Waals surface area (Å²) in [6, 6.07) is 32.5. The largest absolute Gasteiger partial charge is 0.547 e. The van der Waals surface area contributed by atoms with Gasteiger partial charge in [-0.3, -0.25) is 14.6 Å². The van der Waals surface area contributed by atoms with E-state index in [4.69, 9.17) is 10.8 Å². The van der Waals surface area contributed by atoms with Gasteiger partial charge in [-0.25, -0.2) is 0 Å². The molecule has 0 spiro atoms. The molecule has 1 aliphatic heterocycles. The Balaban J connectivity index is 0.000000283. The van der Waals surface area contributed by atoms with E-state index in [0.717, 1.165) is 16.7 Å². The number of aryl methyl sites for hydroxylation is 1. The van der Waals surface area contributed by atoms with Crippen LogP contribution in [0.1, 0.15) is 38.7 Å². The van der Waals surface area contributed by atoms with Gasteiger partial charge in [0.2, 0.25) is 0 Å². The maximum atomic E-state index is 13.1. The molecule has 2 atom stereocenters. The SMILES string of the molecule is Cc1ccccc1C(=O)CN1C(=O)[C@H](N)N=C(c2ccccc2)c2ccccc21.O=C([O-])[C@@H](O)c1ccccc1. The second-order valence-electron chi connectivity index (χ2n) is 9.10. The number of anilines is 1. The summed E-state index contributed by atoms with van der Waals surface area (Å²) in [6.07, 6.45) is -2.60. The van der Waals surface area contributed by atoms with Crippen molar-refractivity contribution in [3.8, 4) is 0 Å². The number of amides is 1. The molecule has 0 saturated heterocycles. The molecule has 0 aromatic heterocycles. The number of carbonyl (C=O) groups excluding carboxylic acids is 3. The van der Waals surface area contributed by atoms with Gasteiger partial charge < -0.3 is 25.6 Å². The number of nitrogens with zero attached hydrogens (tertiary/aromatic N) is 2. The summed E-state index contributed by atoms with van der Waals surface area (Å²) in [6.45, 7) is 1.79. The number of benzodiazepines with no additional fused rings is 1. The topological polar surface area (TPSA) is 136 Å². The van der Waals surface area contributed by atoms with Crippen LogP contribution in [0.4, 0.5) is 5.69 Å². The zero-order chi connectivity index (χ0) is 28.6. The Kier molecular flexibility index (Phi) is 8.96. The average molecular weight is 535 g/mol. The highest BCUT2D eigenvalue weighted by Crippen LogP contribution is 2.28. The molecule has 0 radical (unpaired) electrons. The van der Waals surface area contributed by atoms with Crippen LogP contribution < -0.4 is 15.7 Å². The van der Waals surface area contributed by atoms with E-state index in [-0.39, 0.29) is 12.3 Å². The number of aliphatic imine (C=N–C) groups is 1. The molecule has 40 heavy (non-hydrogen) atoms. The molecule has 4 aromatic carbocycles. The maximum Gasteiger partial charge on any atom is 0.266 e. The molecule has 8 heteroatoms. The third kappa shape index (κ3) is 6.37. The van der Waals surface area contributed by atoms with Crippen LogP contribution >= 0.6 is 0 Å². The highest BCUT2D eigenvalue weighted by atomic mass is 16.4. The van der Waals surface area contributed by atoms with E-state index in [1.807, 2.05) is 79.7 Å². The number of aliphatic hydroxyl groups excluding tert-OH is 1. The standard InChI is InChI=1S/C24H21N3O2.C8H8O3/c1-16-9-5-6-12-18(16)21(28)15-27-20-14-8-7-13-19(20)22(26-23(25)24(27)29)17-10-3-2-4-11-17;9-7(8(10)11)6-4-2-1-3-5-6/h2-14,23H,15,25H2,1H3;1-5,7,9H,(H,10,11)/p-1/t23-;7-/m10/s1. The van der Waals surface area contributed by atoms with Crippen LogP contribution in [0.15, 0.2) is 114 Å². The Bertz CT molecular complexity index is 1540. The lowest BCUT2D eigenvalue weighted by Crippen LogP contribution is -2.44. The van der Waals surface area contributed by atoms with Crippen molar-refractivity contribution >= 4 is 29.1 Å². The van der Waals surface area contributed by atoms with Crippen molar-refractivity contribution in [2.75, 3.05) is 11.4 Å². The predicted octanol–water partition coefficient (Wildman–Crippen LogP) is 2.82. The van der Waals surface area contributed by atoms with Crippen LogP contribution in [-0.2, 0) is 9.59 Å². The lowest BCUT2D eigenvalue weighted by Gasteiger charge is -2.24. The molecular weight excluding hydrogens is 506 g/mol. The zero-order valence-electron chi connectivity index (χ0n) is 21.8. The molecule has 0 saturated carbocycles. The molecule has 202 valence electrons. The number of para-hydroxylation sites is 1. The van der Waals surface area contributed by atoms with Gasteiger partial charge in [0.1, 0.15) is 6.10 Å². The second-order valence-corrected chi connectivity index (χ2v) is 9.10. The number of fused-ring (bicyclic) bond motifs is 1. The predicted molar refractivity (Wildman–Crippen MR) is 151 cm³/mol. The number of ketones is 1. The van der Waals surface area contributed by atoms with E-state index in [1.54, 1.807) is 24.3 Å². The number of carboxylic acids is 1. The molecular formula is C32H28N3O5-. The first-order chi connectivity index (χ1) is 19.3. The molecule has 1 aliphatic rings. The van der Waals surface area contributed by atoms with Crippen molar-refractivity contribution in [2.24, 2.45) is 10.7 Å². The summed E-state index contributed by atoms with van der Waals surface area (Å²) in [4.78, 5) is 42.2. The van der Waals surface area contributed by atoms with Crippen LogP contribution in [0, 0.1) is 6.92 Å². The van der Waals surface area contributed by atoms with E-state index >= 15 is 0 Å². The van der Waals surface area contributed by atoms with Crippen LogP contribution in [-0.4, -0.2) is 41.2 Å². The summed E-state index contributed by atoms with van der Waals surface area (Å²) in [5, 5.41) is 19.1. The van der Waals surface area contributed by atoms with Crippen molar-refractivity contribution in [3.05, 3.63) is 137 Å². The van der Waals surface area contributed by atoms with Crippen LogP contribution in [0.5, 0.6) is 0 Å². The first-order valence-electron chi connectivity index (χ1n) is 12.6. The molecule has 5 rings (SSSR count). The Labute approximate surface area is 232 Å². The van der Waals surface area contributed by atoms with E-state index in [1.165, 1.54) is 17.0 Å². The van der Waals surface area contributed by atoms with Crippen molar-refractivity contribution in [1.29, 1.82) is 0 Å². The monoisotopic (exact) mass is 534 g/mol. The molecule has 1 heterocycles. The fourth-order valence-corrected chi connectivity index (χ4v) is 4.33. The van der Waals surface area contributed by atoms with Gasteiger partial charge in [0.15, 0.2) is 11.9 Å². The highest BCUT2D eigenvalue weighted by molar-refractivity contribution is 6.21. The summed E-state index contributed by atoms with van der Waals surface area (Å²) in [5.74, 6) is -2.01. The lowest BCUT2D eigenvalue weighted by molar-refractivity contribution is -0.315. The number of Topliss-reactive ketones (excluding diaryl/α,β-unsaturated/α-hetero) is 1.